The lowest BCUT2D eigenvalue weighted by molar-refractivity contribution is -0.122. The monoisotopic (exact) mass is 505 g/mol. The third-order valence-corrected chi connectivity index (χ3v) is 7.04. The van der Waals surface area contributed by atoms with Crippen molar-refractivity contribution in [3.8, 4) is 5.69 Å². The van der Waals surface area contributed by atoms with Crippen LogP contribution in [-0.2, 0) is 16.1 Å². The molecule has 2 amide bonds. The van der Waals surface area contributed by atoms with Gasteiger partial charge in [0.1, 0.15) is 18.6 Å². The van der Waals surface area contributed by atoms with Crippen molar-refractivity contribution >= 4 is 23.4 Å². The van der Waals surface area contributed by atoms with Crippen molar-refractivity contribution in [3.63, 3.8) is 0 Å². The van der Waals surface area contributed by atoms with E-state index in [0.717, 1.165) is 49.6 Å². The van der Waals surface area contributed by atoms with E-state index < -0.39 is 17.8 Å². The van der Waals surface area contributed by atoms with Crippen molar-refractivity contribution in [3.05, 3.63) is 45.1 Å². The molecule has 1 aliphatic heterocycles. The summed E-state index contributed by atoms with van der Waals surface area (Å²) in [6.07, 6.45) is 5.85. The van der Waals surface area contributed by atoms with Crippen molar-refractivity contribution in [2.24, 2.45) is 5.92 Å². The van der Waals surface area contributed by atoms with E-state index in [1.165, 1.54) is 16.7 Å². The Morgan fingerprint density at radius 2 is 1.97 bits per heavy atom. The second kappa shape index (κ2) is 11.4. The minimum atomic E-state index is -0.965. The lowest BCUT2D eigenvalue weighted by atomic mass is 9.98. The highest BCUT2D eigenvalue weighted by Gasteiger charge is 2.25. The molecule has 2 aliphatic rings. The minimum Gasteiger partial charge on any atom is -0.379 e. The molecule has 1 aromatic heterocycles. The van der Waals surface area contributed by atoms with Crippen LogP contribution in [0.5, 0.6) is 0 Å². The maximum atomic E-state index is 13.0. The minimum absolute atomic E-state index is 0.00585. The molecule has 10 nitrogen and oxygen atoms in total. The zero-order chi connectivity index (χ0) is 24.9. The maximum absolute atomic E-state index is 13.0. The molecule has 1 aromatic carbocycles. The van der Waals surface area contributed by atoms with E-state index in [1.54, 1.807) is 13.0 Å². The molecule has 2 unspecified atom stereocenters. The van der Waals surface area contributed by atoms with Gasteiger partial charge < -0.3 is 20.5 Å². The number of aliphatic hydroxyl groups is 1. The number of nitrogens with zero attached hydrogens (tertiary/aromatic N) is 3. The molecule has 1 aliphatic carbocycles. The van der Waals surface area contributed by atoms with Gasteiger partial charge in [-0.3, -0.25) is 14.2 Å². The Morgan fingerprint density at radius 3 is 2.66 bits per heavy atom. The van der Waals surface area contributed by atoms with Crippen LogP contribution in [-0.4, -0.2) is 56.8 Å². The fraction of sp³-hybridized carbons (Fsp3) is 0.583. The van der Waals surface area contributed by atoms with Crippen LogP contribution in [0.2, 0.25) is 5.02 Å². The maximum Gasteiger partial charge on any atom is 0.351 e. The Labute approximate surface area is 208 Å². The number of carbonyl (C=O) groups excluding carboxylic acids is 2. The average molecular weight is 506 g/mol. The van der Waals surface area contributed by atoms with Gasteiger partial charge in [-0.15, -0.1) is 0 Å². The summed E-state index contributed by atoms with van der Waals surface area (Å²) in [6.45, 7) is 2.53. The lowest BCUT2D eigenvalue weighted by Crippen LogP contribution is -2.40. The molecule has 35 heavy (non-hydrogen) atoms. The van der Waals surface area contributed by atoms with Gasteiger partial charge in [-0.2, -0.15) is 9.78 Å². The molecule has 3 N–H and O–H groups in total. The number of benzene rings is 1. The Hall–Kier alpha value is -2.69. The Balaban J connectivity index is 1.49. The molecule has 2 heterocycles. The molecule has 1 saturated heterocycles. The van der Waals surface area contributed by atoms with E-state index in [9.17, 15) is 19.5 Å². The van der Waals surface area contributed by atoms with Crippen LogP contribution in [0.25, 0.3) is 5.69 Å². The van der Waals surface area contributed by atoms with Crippen LogP contribution in [0.3, 0.4) is 0 Å². The van der Waals surface area contributed by atoms with E-state index in [0.29, 0.717) is 24.7 Å². The van der Waals surface area contributed by atoms with Crippen molar-refractivity contribution in [2.45, 2.75) is 70.7 Å². The summed E-state index contributed by atoms with van der Waals surface area (Å²) in [6, 6.07) is 4.50. The van der Waals surface area contributed by atoms with E-state index in [1.807, 2.05) is 0 Å². The first kappa shape index (κ1) is 25.4. The van der Waals surface area contributed by atoms with E-state index in [2.05, 4.69) is 15.7 Å². The SMILES string of the molecule is Cc1nn(-c2ccc(Cl)c(C(=O)NC(O)C3CCCCCC3)c2)c(=O)n1CC(=O)NC1CCOC1. The first-order valence-electron chi connectivity index (χ1n) is 12.2. The van der Waals surface area contributed by atoms with Crippen LogP contribution in [0.1, 0.15) is 61.1 Å². The van der Waals surface area contributed by atoms with Gasteiger partial charge in [0, 0.05) is 12.5 Å². The highest BCUT2D eigenvalue weighted by Crippen LogP contribution is 2.25. The van der Waals surface area contributed by atoms with Gasteiger partial charge in [0.15, 0.2) is 0 Å². The zero-order valence-electron chi connectivity index (χ0n) is 19.8. The van der Waals surface area contributed by atoms with Gasteiger partial charge in [0.25, 0.3) is 5.91 Å². The van der Waals surface area contributed by atoms with Crippen LogP contribution in [0.15, 0.2) is 23.0 Å². The van der Waals surface area contributed by atoms with Crippen LogP contribution in [0, 0.1) is 12.8 Å². The molecule has 2 aromatic rings. The lowest BCUT2D eigenvalue weighted by Gasteiger charge is -2.22. The summed E-state index contributed by atoms with van der Waals surface area (Å²) in [4.78, 5) is 38.4. The third kappa shape index (κ3) is 6.12. The number of aryl methyl sites for hydroxylation is 1. The molecular weight excluding hydrogens is 474 g/mol. The fourth-order valence-corrected chi connectivity index (χ4v) is 4.89. The Morgan fingerprint density at radius 1 is 1.23 bits per heavy atom. The van der Waals surface area contributed by atoms with Crippen LogP contribution >= 0.6 is 11.6 Å². The first-order valence-corrected chi connectivity index (χ1v) is 12.5. The fourth-order valence-electron chi connectivity index (χ4n) is 4.69. The summed E-state index contributed by atoms with van der Waals surface area (Å²) < 4.78 is 7.67. The number of aromatic nitrogens is 3. The Bertz CT molecular complexity index is 1120. The molecule has 11 heteroatoms. The molecular formula is C24H32ClN5O5. The number of nitrogens with one attached hydrogen (secondary N) is 2. The van der Waals surface area contributed by atoms with Gasteiger partial charge in [-0.05, 0) is 44.4 Å². The van der Waals surface area contributed by atoms with E-state index in [4.69, 9.17) is 16.3 Å². The van der Waals surface area contributed by atoms with Gasteiger partial charge in [0.05, 0.1) is 28.9 Å². The predicted molar refractivity (Wildman–Crippen MR) is 130 cm³/mol. The standard InChI is InChI=1S/C24H32ClN5O5/c1-15-28-30(24(34)29(15)13-21(31)26-17-10-11-35-14-17)18-8-9-20(25)19(12-18)23(33)27-22(32)16-6-4-2-3-5-7-16/h8-9,12,16-17,22,32H,2-7,10-11,13-14H2,1H3,(H,26,31)(H,27,33). The second-order valence-corrected chi connectivity index (χ2v) is 9.70. The molecule has 0 spiro atoms. The molecule has 0 bridgehead atoms. The summed E-state index contributed by atoms with van der Waals surface area (Å²) in [5.41, 5.74) is -0.0395. The number of hydrogen-bond donors (Lipinski definition) is 3. The van der Waals surface area contributed by atoms with Gasteiger partial charge in [0.2, 0.25) is 5.91 Å². The van der Waals surface area contributed by atoms with Gasteiger partial charge in [-0.1, -0.05) is 37.3 Å². The van der Waals surface area contributed by atoms with Crippen molar-refractivity contribution in [2.75, 3.05) is 13.2 Å². The molecule has 2 atom stereocenters. The zero-order valence-corrected chi connectivity index (χ0v) is 20.6. The largest absolute Gasteiger partial charge is 0.379 e. The summed E-state index contributed by atoms with van der Waals surface area (Å²) in [5, 5.41) is 20.6. The topological polar surface area (TPSA) is 127 Å². The molecule has 4 rings (SSSR count). The Kier molecular flexibility index (Phi) is 8.25. The molecule has 0 radical (unpaired) electrons. The number of halogens is 1. The van der Waals surface area contributed by atoms with Crippen molar-refractivity contribution in [1.29, 1.82) is 0 Å². The number of rotatable bonds is 7. The molecule has 2 fully saturated rings. The summed E-state index contributed by atoms with van der Waals surface area (Å²) >= 11 is 6.28. The van der Waals surface area contributed by atoms with Gasteiger partial charge >= 0.3 is 5.69 Å². The van der Waals surface area contributed by atoms with E-state index >= 15 is 0 Å². The van der Waals surface area contributed by atoms with Crippen LogP contribution < -0.4 is 16.3 Å². The molecule has 190 valence electrons. The van der Waals surface area contributed by atoms with Gasteiger partial charge in [-0.25, -0.2) is 4.79 Å². The number of amides is 2. The number of aliphatic hydroxyl groups excluding tert-OH is 1. The number of ether oxygens (including phenoxy) is 1. The predicted octanol–water partition coefficient (Wildman–Crippen LogP) is 1.92. The number of hydrogen-bond acceptors (Lipinski definition) is 6. The normalized spacial score (nSPS) is 19.8. The second-order valence-electron chi connectivity index (χ2n) is 9.29. The summed E-state index contributed by atoms with van der Waals surface area (Å²) in [7, 11) is 0. The van der Waals surface area contributed by atoms with E-state index in [-0.39, 0.29) is 35.0 Å². The average Bonchev–Trinajstić information content (AvgIpc) is 3.31. The van der Waals surface area contributed by atoms with Crippen molar-refractivity contribution < 1.29 is 19.4 Å². The first-order chi connectivity index (χ1) is 16.8. The highest BCUT2D eigenvalue weighted by atomic mass is 35.5. The molecule has 1 saturated carbocycles. The quantitative estimate of drug-likeness (QED) is 0.389. The van der Waals surface area contributed by atoms with Crippen LogP contribution in [0.4, 0.5) is 0 Å². The number of carbonyl (C=O) groups is 2. The highest BCUT2D eigenvalue weighted by molar-refractivity contribution is 6.33. The van der Waals surface area contributed by atoms with Crippen molar-refractivity contribution in [1.82, 2.24) is 25.0 Å². The smallest absolute Gasteiger partial charge is 0.351 e. The summed E-state index contributed by atoms with van der Waals surface area (Å²) in [5.74, 6) is -0.450. The third-order valence-electron chi connectivity index (χ3n) is 6.71.